The molecule has 0 aliphatic heterocycles. The van der Waals surface area contributed by atoms with Crippen LogP contribution in [0.3, 0.4) is 0 Å². The summed E-state index contributed by atoms with van der Waals surface area (Å²) in [5.41, 5.74) is 0.677. The number of rotatable bonds is 9. The van der Waals surface area contributed by atoms with Crippen molar-refractivity contribution >= 4 is 43.3 Å². The maximum absolute atomic E-state index is 13.3. The van der Waals surface area contributed by atoms with Crippen LogP contribution in [0.5, 0.6) is 5.75 Å². The zero-order chi connectivity index (χ0) is 21.8. The van der Waals surface area contributed by atoms with Crippen molar-refractivity contribution in [3.05, 3.63) is 58.1 Å². The average Bonchev–Trinajstić information content (AvgIpc) is 2.60. The lowest BCUT2D eigenvalue weighted by molar-refractivity contribution is 0.375. The highest BCUT2D eigenvalue weighted by molar-refractivity contribution is 7.89. The molecule has 0 aromatic heterocycles. The van der Waals surface area contributed by atoms with E-state index in [-0.39, 0.29) is 27.2 Å². The molecule has 2 aromatic rings. The van der Waals surface area contributed by atoms with E-state index in [1.54, 1.807) is 12.1 Å². The largest absolute Gasteiger partial charge is 0.383 e. The topological polar surface area (TPSA) is 80.8 Å². The van der Waals surface area contributed by atoms with Crippen LogP contribution >= 0.6 is 23.2 Å². The number of hydrogen-bond acceptors (Lipinski definition) is 5. The van der Waals surface area contributed by atoms with Gasteiger partial charge in [-0.2, -0.15) is 12.7 Å². The molecule has 6 nitrogen and oxygen atoms in total. The summed E-state index contributed by atoms with van der Waals surface area (Å²) in [6.07, 6.45) is 1.61. The highest BCUT2D eigenvalue weighted by atomic mass is 35.5. The van der Waals surface area contributed by atoms with Crippen molar-refractivity contribution < 1.29 is 21.0 Å². The van der Waals surface area contributed by atoms with Crippen molar-refractivity contribution in [2.75, 3.05) is 12.8 Å². The van der Waals surface area contributed by atoms with E-state index in [1.807, 2.05) is 13.8 Å². The third-order valence-electron chi connectivity index (χ3n) is 4.00. The molecule has 0 heterocycles. The van der Waals surface area contributed by atoms with Crippen molar-refractivity contribution in [3.63, 3.8) is 0 Å². The second-order valence-corrected chi connectivity index (χ2v) is 11.4. The molecule has 0 bridgehead atoms. The zero-order valence-corrected chi connectivity index (χ0v) is 19.4. The number of halogens is 2. The number of benzene rings is 2. The molecular weight excluding hydrogens is 457 g/mol. The first-order valence-corrected chi connectivity index (χ1v) is 12.8. The molecule has 0 aliphatic carbocycles. The van der Waals surface area contributed by atoms with E-state index in [0.29, 0.717) is 24.4 Å². The molecule has 10 heteroatoms. The molecule has 0 fully saturated rings. The summed E-state index contributed by atoms with van der Waals surface area (Å²) >= 11 is 12.1. The predicted octanol–water partition coefficient (Wildman–Crippen LogP) is 4.57. The van der Waals surface area contributed by atoms with Crippen LogP contribution in [0.25, 0.3) is 0 Å². The molecule has 0 radical (unpaired) electrons. The summed E-state index contributed by atoms with van der Waals surface area (Å²) in [6, 6.07) is 10.5. The molecule has 2 rings (SSSR count). The highest BCUT2D eigenvalue weighted by Crippen LogP contribution is 2.29. The van der Waals surface area contributed by atoms with Crippen molar-refractivity contribution in [2.24, 2.45) is 5.92 Å². The maximum atomic E-state index is 13.3. The summed E-state index contributed by atoms with van der Waals surface area (Å²) in [4.78, 5) is -0.0487. The van der Waals surface area contributed by atoms with E-state index in [0.717, 1.165) is 6.26 Å². The van der Waals surface area contributed by atoms with Crippen molar-refractivity contribution in [1.82, 2.24) is 4.31 Å². The second-order valence-electron chi connectivity index (χ2n) is 7.03. The Bertz CT molecular complexity index is 1050. The van der Waals surface area contributed by atoms with Gasteiger partial charge in [-0.25, -0.2) is 8.42 Å². The quantitative estimate of drug-likeness (QED) is 0.492. The van der Waals surface area contributed by atoms with Crippen LogP contribution in [0.4, 0.5) is 0 Å². The molecule has 0 saturated heterocycles. The molecule has 160 valence electrons. The molecular formula is C19H23Cl2NO5S2. The Morgan fingerprint density at radius 3 is 2.17 bits per heavy atom. The van der Waals surface area contributed by atoms with Gasteiger partial charge in [0.05, 0.1) is 11.3 Å². The Hall–Kier alpha value is -1.32. The Labute approximate surface area is 182 Å². The SMILES string of the molecule is CC(C)CCN(Cc1ccc(OS(C)(=O)=O)cc1)S(=O)(=O)c1cc(Cl)ccc1Cl. The fraction of sp³-hybridized carbons (Fsp3) is 0.368. The molecule has 2 aromatic carbocycles. The standard InChI is InChI=1S/C19H23Cl2NO5S2/c1-14(2)10-11-22(29(25,26)19-12-16(20)6-9-18(19)21)13-15-4-7-17(8-5-15)27-28(3,23)24/h4-9,12,14H,10-11,13H2,1-3H3. The van der Waals surface area contributed by atoms with Crippen LogP contribution in [0, 0.1) is 5.92 Å². The maximum Gasteiger partial charge on any atom is 0.306 e. The lowest BCUT2D eigenvalue weighted by atomic mass is 10.1. The van der Waals surface area contributed by atoms with E-state index in [4.69, 9.17) is 27.4 Å². The van der Waals surface area contributed by atoms with E-state index in [9.17, 15) is 16.8 Å². The smallest absolute Gasteiger partial charge is 0.306 e. The third kappa shape index (κ3) is 7.15. The minimum absolute atomic E-state index is 0.0487. The van der Waals surface area contributed by atoms with E-state index < -0.39 is 20.1 Å². The monoisotopic (exact) mass is 479 g/mol. The van der Waals surface area contributed by atoms with Crippen LogP contribution in [-0.4, -0.2) is 33.9 Å². The first-order chi connectivity index (χ1) is 13.4. The van der Waals surface area contributed by atoms with E-state index in [1.165, 1.54) is 34.6 Å². The zero-order valence-electron chi connectivity index (χ0n) is 16.3. The average molecular weight is 480 g/mol. The normalized spacial score (nSPS) is 12.5. The predicted molar refractivity (Wildman–Crippen MR) is 115 cm³/mol. The first kappa shape index (κ1) is 24.0. The minimum atomic E-state index is -3.90. The van der Waals surface area contributed by atoms with Crippen molar-refractivity contribution in [2.45, 2.75) is 31.7 Å². The summed E-state index contributed by atoms with van der Waals surface area (Å²) in [6.45, 7) is 4.41. The van der Waals surface area contributed by atoms with Gasteiger partial charge in [0.2, 0.25) is 10.0 Å². The van der Waals surface area contributed by atoms with Gasteiger partial charge in [-0.15, -0.1) is 0 Å². The molecule has 0 N–H and O–H groups in total. The minimum Gasteiger partial charge on any atom is -0.383 e. The molecule has 29 heavy (non-hydrogen) atoms. The third-order valence-corrected chi connectivity index (χ3v) is 7.05. The van der Waals surface area contributed by atoms with Gasteiger partial charge < -0.3 is 4.18 Å². The molecule has 0 spiro atoms. The molecule has 0 aliphatic rings. The summed E-state index contributed by atoms with van der Waals surface area (Å²) in [5.74, 6) is 0.457. The van der Waals surface area contributed by atoms with Gasteiger partial charge in [0.15, 0.2) is 0 Å². The van der Waals surface area contributed by atoms with Gasteiger partial charge >= 0.3 is 10.1 Å². The van der Waals surface area contributed by atoms with Gasteiger partial charge in [0, 0.05) is 18.1 Å². The van der Waals surface area contributed by atoms with Gasteiger partial charge in [-0.3, -0.25) is 0 Å². The van der Waals surface area contributed by atoms with Crippen LogP contribution in [0.2, 0.25) is 10.0 Å². The van der Waals surface area contributed by atoms with Crippen LogP contribution in [-0.2, 0) is 26.7 Å². The Kier molecular flexibility index (Phi) is 7.98. The number of hydrogen-bond donors (Lipinski definition) is 0. The Morgan fingerprint density at radius 1 is 1.00 bits per heavy atom. The number of sulfonamides is 1. The Balaban J connectivity index is 2.34. The lowest BCUT2D eigenvalue weighted by Crippen LogP contribution is -2.32. The van der Waals surface area contributed by atoms with Crippen molar-refractivity contribution in [3.8, 4) is 5.75 Å². The summed E-state index contributed by atoms with van der Waals surface area (Å²) in [7, 11) is -7.53. The van der Waals surface area contributed by atoms with Crippen LogP contribution in [0.15, 0.2) is 47.4 Å². The molecule has 0 saturated carbocycles. The first-order valence-electron chi connectivity index (χ1n) is 8.82. The van der Waals surface area contributed by atoms with E-state index >= 15 is 0 Å². The van der Waals surface area contributed by atoms with Gasteiger partial charge in [0.1, 0.15) is 10.6 Å². The fourth-order valence-electron chi connectivity index (χ4n) is 2.53. The van der Waals surface area contributed by atoms with Crippen molar-refractivity contribution in [1.29, 1.82) is 0 Å². The van der Waals surface area contributed by atoms with Gasteiger partial charge in [-0.1, -0.05) is 49.2 Å². The van der Waals surface area contributed by atoms with Gasteiger partial charge in [-0.05, 0) is 48.2 Å². The second kappa shape index (κ2) is 9.66. The summed E-state index contributed by atoms with van der Waals surface area (Å²) < 4.78 is 55.1. The van der Waals surface area contributed by atoms with Crippen LogP contribution < -0.4 is 4.18 Å². The fourth-order valence-corrected chi connectivity index (χ4v) is 5.17. The number of nitrogens with zero attached hydrogens (tertiary/aromatic N) is 1. The molecule has 0 amide bonds. The lowest BCUT2D eigenvalue weighted by Gasteiger charge is -2.24. The molecule has 0 atom stereocenters. The van der Waals surface area contributed by atoms with Gasteiger partial charge in [0.25, 0.3) is 0 Å². The summed E-state index contributed by atoms with van der Waals surface area (Å²) in [5, 5.41) is 0.375. The van der Waals surface area contributed by atoms with Crippen LogP contribution in [0.1, 0.15) is 25.8 Å². The highest BCUT2D eigenvalue weighted by Gasteiger charge is 2.27. The Morgan fingerprint density at radius 2 is 1.62 bits per heavy atom. The molecule has 0 unspecified atom stereocenters. The van der Waals surface area contributed by atoms with E-state index in [2.05, 4.69) is 0 Å².